The van der Waals surface area contributed by atoms with Crippen molar-refractivity contribution in [2.24, 2.45) is 23.7 Å². The SMILES string of the molecule is CC(C)[C@H](CC(=O)OC(C)(C)C)C(=O)N1CCN(Cc2ccccc2)C[C@H]1C(=O)C[C@@H]1CCCc2ccccc21.CC(C)[C@H](CC(=O)OC(C)(C)C)C(=O)O.O=C(C[C@@H]1CCCc2ccccc21)[C@@H]1CN(Cc2ccccc2)CCN1. The zero-order valence-corrected chi connectivity index (χ0v) is 50.3. The molecule has 0 bridgehead atoms. The smallest absolute Gasteiger partial charge is 0.307 e. The summed E-state index contributed by atoms with van der Waals surface area (Å²) in [6.45, 7) is 24.3. The van der Waals surface area contributed by atoms with E-state index in [0.717, 1.165) is 64.8 Å². The number of aryl methyl sites for hydroxylation is 2. The summed E-state index contributed by atoms with van der Waals surface area (Å²) in [5.41, 5.74) is 6.81. The fraction of sp³-hybridized carbons (Fsp3) is 0.559. The van der Waals surface area contributed by atoms with Gasteiger partial charge in [0.25, 0.3) is 0 Å². The van der Waals surface area contributed by atoms with Crippen LogP contribution in [0.1, 0.15) is 166 Å². The van der Waals surface area contributed by atoms with Crippen LogP contribution in [0.4, 0.5) is 0 Å². The molecular weight excluding hydrogens is 1020 g/mol. The predicted octanol–water partition coefficient (Wildman–Crippen LogP) is 11.4. The molecule has 13 heteroatoms. The first-order valence-electron chi connectivity index (χ1n) is 29.9. The second kappa shape index (κ2) is 30.3. The van der Waals surface area contributed by atoms with Crippen molar-refractivity contribution in [3.05, 3.63) is 143 Å². The van der Waals surface area contributed by atoms with Crippen LogP contribution in [-0.2, 0) is 64.2 Å². The number of hydrogen-bond donors (Lipinski definition) is 2. The van der Waals surface area contributed by atoms with Crippen molar-refractivity contribution >= 4 is 35.4 Å². The van der Waals surface area contributed by atoms with Crippen molar-refractivity contribution in [2.45, 2.75) is 182 Å². The molecule has 0 aromatic heterocycles. The van der Waals surface area contributed by atoms with E-state index in [1.165, 1.54) is 39.8 Å². The number of ketones is 2. The van der Waals surface area contributed by atoms with Gasteiger partial charge in [0.2, 0.25) is 5.91 Å². The molecule has 0 unspecified atom stereocenters. The van der Waals surface area contributed by atoms with Gasteiger partial charge in [0.05, 0.1) is 30.7 Å². The maximum atomic E-state index is 14.1. The van der Waals surface area contributed by atoms with Crippen LogP contribution in [0.5, 0.6) is 0 Å². The van der Waals surface area contributed by atoms with Gasteiger partial charge in [-0.1, -0.05) is 137 Å². The highest BCUT2D eigenvalue weighted by atomic mass is 16.6. The Hall–Kier alpha value is -6.02. The summed E-state index contributed by atoms with van der Waals surface area (Å²) in [7, 11) is 0. The number of Topliss-reactive ketones (excluding diaryl/α,β-unsaturated/α-hetero) is 2. The fourth-order valence-electron chi connectivity index (χ4n) is 11.8. The van der Waals surface area contributed by atoms with Crippen molar-refractivity contribution in [1.82, 2.24) is 20.0 Å². The number of ether oxygens (including phenoxy) is 2. The van der Waals surface area contributed by atoms with Crippen LogP contribution in [0.2, 0.25) is 0 Å². The second-order valence-electron chi connectivity index (χ2n) is 25.5. The molecule has 4 aromatic rings. The van der Waals surface area contributed by atoms with Gasteiger partial charge < -0.3 is 24.8 Å². The van der Waals surface area contributed by atoms with Crippen LogP contribution in [0.15, 0.2) is 109 Å². The number of rotatable bonds is 18. The number of carboxylic acid groups (broad SMARTS) is 1. The molecular formula is C68H94N4O9. The Morgan fingerprint density at radius 3 is 1.48 bits per heavy atom. The number of fused-ring (bicyclic) bond motifs is 2. The van der Waals surface area contributed by atoms with E-state index in [-0.39, 0.29) is 54.3 Å². The molecule has 440 valence electrons. The summed E-state index contributed by atoms with van der Waals surface area (Å²) in [5.74, 6) is -2.12. The van der Waals surface area contributed by atoms with E-state index in [0.29, 0.717) is 44.2 Å². The quantitative estimate of drug-likeness (QED) is 0.0908. The first-order valence-corrected chi connectivity index (χ1v) is 29.9. The molecule has 2 fully saturated rings. The Labute approximate surface area is 483 Å². The lowest BCUT2D eigenvalue weighted by molar-refractivity contribution is -0.161. The van der Waals surface area contributed by atoms with E-state index < -0.39 is 41.0 Å². The first-order chi connectivity index (χ1) is 38.4. The molecule has 0 saturated carbocycles. The Kier molecular flexibility index (Phi) is 24.0. The van der Waals surface area contributed by atoms with Crippen molar-refractivity contribution in [3.8, 4) is 0 Å². The van der Waals surface area contributed by atoms with Gasteiger partial charge in [0.15, 0.2) is 11.6 Å². The number of carbonyl (C=O) groups is 6. The monoisotopic (exact) mass is 1110 g/mol. The van der Waals surface area contributed by atoms with Crippen molar-refractivity contribution in [2.75, 3.05) is 39.3 Å². The summed E-state index contributed by atoms with van der Waals surface area (Å²) < 4.78 is 10.6. The number of aliphatic carboxylic acids is 1. The number of carbonyl (C=O) groups excluding carboxylic acids is 5. The third kappa shape index (κ3) is 20.4. The zero-order valence-electron chi connectivity index (χ0n) is 50.3. The van der Waals surface area contributed by atoms with E-state index in [1.54, 1.807) is 39.5 Å². The average Bonchev–Trinajstić information content (AvgIpc) is 3.47. The van der Waals surface area contributed by atoms with E-state index in [4.69, 9.17) is 14.6 Å². The summed E-state index contributed by atoms with van der Waals surface area (Å²) in [4.78, 5) is 82.6. The summed E-state index contributed by atoms with van der Waals surface area (Å²) in [5, 5.41) is 12.3. The topological polar surface area (TPSA) is 163 Å². The van der Waals surface area contributed by atoms with Gasteiger partial charge in [-0.05, 0) is 137 Å². The molecule has 1 amide bonds. The van der Waals surface area contributed by atoms with Gasteiger partial charge in [0, 0.05) is 65.2 Å². The van der Waals surface area contributed by atoms with Gasteiger partial charge in [-0.15, -0.1) is 0 Å². The van der Waals surface area contributed by atoms with Gasteiger partial charge in [-0.25, -0.2) is 0 Å². The number of nitrogens with zero attached hydrogens (tertiary/aromatic N) is 3. The zero-order chi connectivity index (χ0) is 58.9. The first kappa shape index (κ1) is 64.2. The minimum absolute atomic E-state index is 0.0227. The van der Waals surface area contributed by atoms with Gasteiger partial charge in [-0.2, -0.15) is 0 Å². The molecule has 13 nitrogen and oxygen atoms in total. The Bertz CT molecular complexity index is 2680. The molecule has 8 rings (SSSR count). The maximum Gasteiger partial charge on any atom is 0.307 e. The van der Waals surface area contributed by atoms with Crippen molar-refractivity contribution in [1.29, 1.82) is 0 Å². The standard InChI is InChI=1S/C34H46N2O4.C23H28N2O.C11H20O4/c1-24(2)29(21-32(38)40-34(3,4)5)33(39)36-19-18-35(22-25-12-7-6-8-13-25)23-30(36)31(37)20-27-16-11-15-26-14-9-10-17-28(26)27;26-23(15-20-11-6-10-19-9-4-5-12-21(19)20)22-17-25(14-13-24-22)16-18-7-2-1-3-8-18;1-7(2)8(10(13)14)6-9(12)15-11(3,4)5/h6-10,12-14,17,24,27,29-30H,11,15-16,18-23H2,1-5H3;1-5,7-9,12,20,22,24H,6,10-11,13-17H2;7-8H,6H2,1-5H3,(H,13,14)/t27-,29-,30-;20-,22-;8-/m000/s1. The minimum Gasteiger partial charge on any atom is -0.481 e. The average molecular weight is 1110 g/mol. The largest absolute Gasteiger partial charge is 0.481 e. The van der Waals surface area contributed by atoms with Gasteiger partial charge in [-0.3, -0.25) is 38.6 Å². The number of nitrogens with one attached hydrogen (secondary N) is 1. The van der Waals surface area contributed by atoms with E-state index in [2.05, 4.69) is 106 Å². The van der Waals surface area contributed by atoms with Crippen LogP contribution in [-0.4, -0.2) is 118 Å². The number of benzene rings is 4. The number of carboxylic acids is 1. The number of esters is 2. The number of piperazine rings is 2. The summed E-state index contributed by atoms with van der Waals surface area (Å²) in [6, 6.07) is 37.4. The molecule has 81 heavy (non-hydrogen) atoms. The highest BCUT2D eigenvalue weighted by Crippen LogP contribution is 2.37. The van der Waals surface area contributed by atoms with E-state index >= 15 is 0 Å². The molecule has 2 aliphatic carbocycles. The molecule has 4 aliphatic rings. The summed E-state index contributed by atoms with van der Waals surface area (Å²) >= 11 is 0. The van der Waals surface area contributed by atoms with Crippen molar-refractivity contribution in [3.63, 3.8) is 0 Å². The van der Waals surface area contributed by atoms with Gasteiger partial charge in [0.1, 0.15) is 17.2 Å². The number of hydrogen-bond acceptors (Lipinski definition) is 11. The molecule has 2 saturated heterocycles. The van der Waals surface area contributed by atoms with Crippen LogP contribution in [0.3, 0.4) is 0 Å². The van der Waals surface area contributed by atoms with Crippen molar-refractivity contribution < 1.29 is 43.3 Å². The molecule has 2 aliphatic heterocycles. The molecule has 0 spiro atoms. The Morgan fingerprint density at radius 2 is 1.01 bits per heavy atom. The second-order valence-corrected chi connectivity index (χ2v) is 25.5. The third-order valence-corrected chi connectivity index (χ3v) is 16.0. The normalized spacial score (nSPS) is 20.2. The molecule has 6 atom stereocenters. The Morgan fingerprint density at radius 1 is 0.568 bits per heavy atom. The fourth-order valence-corrected chi connectivity index (χ4v) is 11.8. The predicted molar refractivity (Wildman–Crippen MR) is 319 cm³/mol. The lowest BCUT2D eigenvalue weighted by Gasteiger charge is -2.43. The Balaban J connectivity index is 0.000000220. The molecule has 0 radical (unpaired) electrons. The molecule has 2 heterocycles. The lowest BCUT2D eigenvalue weighted by Crippen LogP contribution is -2.59. The highest BCUT2D eigenvalue weighted by molar-refractivity contribution is 5.92. The number of amides is 1. The van der Waals surface area contributed by atoms with Gasteiger partial charge >= 0.3 is 17.9 Å². The van der Waals surface area contributed by atoms with E-state index in [1.807, 2.05) is 52.8 Å². The lowest BCUT2D eigenvalue weighted by atomic mass is 9.79. The minimum atomic E-state index is -0.948. The van der Waals surface area contributed by atoms with Crippen LogP contribution < -0.4 is 5.32 Å². The molecule has 4 aromatic carbocycles. The third-order valence-electron chi connectivity index (χ3n) is 16.0. The summed E-state index contributed by atoms with van der Waals surface area (Å²) in [6.07, 6.45) is 7.69. The van der Waals surface area contributed by atoms with Crippen LogP contribution in [0, 0.1) is 23.7 Å². The molecule has 2 N–H and O–H groups in total. The van der Waals surface area contributed by atoms with Crippen LogP contribution in [0.25, 0.3) is 0 Å². The maximum absolute atomic E-state index is 14.1. The highest BCUT2D eigenvalue weighted by Gasteiger charge is 2.41. The van der Waals surface area contributed by atoms with E-state index in [9.17, 15) is 28.8 Å². The van der Waals surface area contributed by atoms with Crippen LogP contribution >= 0.6 is 0 Å².